The molecule has 0 N–H and O–H groups in total. The summed E-state index contributed by atoms with van der Waals surface area (Å²) >= 11 is 0.536. The predicted molar refractivity (Wildman–Crippen MR) is 59.9 cm³/mol. The van der Waals surface area contributed by atoms with Crippen molar-refractivity contribution in [2.45, 2.75) is 16.5 Å². The summed E-state index contributed by atoms with van der Waals surface area (Å²) in [5, 5.41) is 2.41. The van der Waals surface area contributed by atoms with Crippen LogP contribution < -0.4 is 0 Å². The third-order valence-electron chi connectivity index (χ3n) is 2.16. The van der Waals surface area contributed by atoms with Gasteiger partial charge in [0.05, 0.1) is 0 Å². The molecule has 0 aromatic heterocycles. The first-order valence-corrected chi connectivity index (χ1v) is 7.41. The molecule has 0 radical (unpaired) electrons. The van der Waals surface area contributed by atoms with Crippen molar-refractivity contribution >= 4 is 0 Å². The van der Waals surface area contributed by atoms with E-state index < -0.39 is 0 Å². The summed E-state index contributed by atoms with van der Waals surface area (Å²) in [6.07, 6.45) is 14.5. The summed E-state index contributed by atoms with van der Waals surface area (Å²) in [4.78, 5) is 0. The molecule has 0 aliphatic heterocycles. The zero-order chi connectivity index (χ0) is 10.2. The molecule has 0 saturated heterocycles. The van der Waals surface area contributed by atoms with Crippen molar-refractivity contribution in [2.75, 3.05) is 0 Å². The van der Waals surface area contributed by atoms with Gasteiger partial charge in [0.2, 0.25) is 0 Å². The van der Waals surface area contributed by atoms with Crippen LogP contribution in [0, 0.1) is 11.8 Å². The van der Waals surface area contributed by atoms with Gasteiger partial charge in [-0.3, -0.25) is 0 Å². The van der Waals surface area contributed by atoms with Gasteiger partial charge in [-0.25, -0.2) is 0 Å². The quantitative estimate of drug-likeness (QED) is 0.413. The topological polar surface area (TPSA) is 0 Å². The van der Waals surface area contributed by atoms with Crippen LogP contribution in [0.15, 0.2) is 49.6 Å². The molecule has 0 atom stereocenters. The van der Waals surface area contributed by atoms with E-state index in [4.69, 9.17) is 0 Å². The van der Waals surface area contributed by atoms with E-state index in [2.05, 4.69) is 37.5 Å². The van der Waals surface area contributed by atoms with Gasteiger partial charge in [-0.1, -0.05) is 24.3 Å². The minimum absolute atomic E-state index is 0.536. The Morgan fingerprint density at radius 2 is 1.43 bits per heavy atom. The number of allylic oxidation sites excluding steroid dienone is 6. The third kappa shape index (κ3) is 4.20. The molecule has 14 heavy (non-hydrogen) atoms. The fraction of sp³-hybridized carbons (Fsp3) is 0.385. The Morgan fingerprint density at radius 3 is 1.64 bits per heavy atom. The summed E-state index contributed by atoms with van der Waals surface area (Å²) in [5.74, 6) is 1.62. The van der Waals surface area contributed by atoms with E-state index in [-0.39, 0.29) is 0 Å². The second-order valence-corrected chi connectivity index (χ2v) is 5.66. The van der Waals surface area contributed by atoms with Crippen molar-refractivity contribution < 1.29 is 17.1 Å². The summed E-state index contributed by atoms with van der Waals surface area (Å²) in [6.45, 7) is 7.24. The van der Waals surface area contributed by atoms with Gasteiger partial charge in [0.1, 0.15) is 0 Å². The van der Waals surface area contributed by atoms with Crippen molar-refractivity contribution in [3.05, 3.63) is 49.6 Å². The Hall–Kier alpha value is -0.417. The molecule has 0 nitrogen and oxygen atoms in total. The number of rotatable bonds is 4. The second kappa shape index (κ2) is 6.95. The second-order valence-electron chi connectivity index (χ2n) is 3.38. The fourth-order valence-electron chi connectivity index (χ4n) is 1.53. The molecule has 0 saturated carbocycles. The molecule has 0 amide bonds. The van der Waals surface area contributed by atoms with Crippen molar-refractivity contribution in [3.8, 4) is 0 Å². The van der Waals surface area contributed by atoms with Crippen LogP contribution in [-0.4, -0.2) is 0 Å². The van der Waals surface area contributed by atoms with Crippen molar-refractivity contribution in [2.24, 2.45) is 11.8 Å². The zero-order valence-corrected chi connectivity index (χ0v) is 10.2. The summed E-state index contributed by atoms with van der Waals surface area (Å²) in [7, 11) is 0. The van der Waals surface area contributed by atoms with Crippen molar-refractivity contribution in [1.29, 1.82) is 0 Å². The van der Waals surface area contributed by atoms with Crippen molar-refractivity contribution in [1.82, 2.24) is 0 Å². The molecule has 0 aromatic carbocycles. The van der Waals surface area contributed by atoms with Crippen LogP contribution in [0.3, 0.4) is 0 Å². The fourth-order valence-corrected chi connectivity index (χ4v) is 2.53. The molecule has 2 aliphatic rings. The van der Waals surface area contributed by atoms with Crippen LogP contribution in [0.5, 0.6) is 0 Å². The van der Waals surface area contributed by atoms with Gasteiger partial charge in [0.25, 0.3) is 0 Å². The van der Waals surface area contributed by atoms with Gasteiger partial charge in [-0.2, -0.15) is 0 Å². The van der Waals surface area contributed by atoms with E-state index in [1.807, 2.05) is 12.2 Å². The van der Waals surface area contributed by atoms with Crippen LogP contribution in [-0.2, 0) is 17.1 Å². The van der Waals surface area contributed by atoms with E-state index >= 15 is 0 Å². The predicted octanol–water partition coefficient (Wildman–Crippen LogP) is 4.03. The molecule has 2 aliphatic carbocycles. The normalized spacial score (nSPS) is 26.0. The van der Waals surface area contributed by atoms with E-state index in [0.29, 0.717) is 17.1 Å². The van der Waals surface area contributed by atoms with Crippen LogP contribution >= 0.6 is 0 Å². The Bertz CT molecular complexity index is 202. The summed E-state index contributed by atoms with van der Waals surface area (Å²) in [5.41, 5.74) is 0. The van der Waals surface area contributed by atoms with Crippen LogP contribution in [0.25, 0.3) is 0 Å². The van der Waals surface area contributed by atoms with Gasteiger partial charge in [0.15, 0.2) is 0 Å². The maximum absolute atomic E-state index is 3.62. The van der Waals surface area contributed by atoms with Gasteiger partial charge in [0, 0.05) is 0 Å². The molecule has 2 rings (SSSR count). The number of hydrogen-bond acceptors (Lipinski definition) is 0. The van der Waals surface area contributed by atoms with Gasteiger partial charge < -0.3 is 0 Å². The monoisotopic (exact) mass is 276 g/mol. The Morgan fingerprint density at radius 1 is 1.00 bits per heavy atom. The average molecular weight is 275 g/mol. The molecule has 0 aromatic rings. The Kier molecular flexibility index (Phi) is 5.79. The first-order valence-electron chi connectivity index (χ1n) is 4.95. The average Bonchev–Trinajstić information content (AvgIpc) is 2.83. The Labute approximate surface area is 95.1 Å². The van der Waals surface area contributed by atoms with E-state index in [1.54, 1.807) is 0 Å². The molecule has 0 fully saturated rings. The van der Waals surface area contributed by atoms with Gasteiger partial charge in [-0.15, -0.1) is 0 Å². The van der Waals surface area contributed by atoms with Gasteiger partial charge in [-0.05, 0) is 18.3 Å². The minimum atomic E-state index is 0.536. The summed E-state index contributed by atoms with van der Waals surface area (Å²) < 4.78 is 0. The first kappa shape index (κ1) is 11.7. The molecule has 1 heteroatoms. The molecular formula is C13H18Ru. The van der Waals surface area contributed by atoms with Crippen LogP contribution in [0.1, 0.15) is 6.42 Å². The number of hydrogen-bond donors (Lipinski definition) is 0. The third-order valence-corrected chi connectivity index (χ3v) is 4.17. The van der Waals surface area contributed by atoms with E-state index in [9.17, 15) is 0 Å². The molecule has 0 unspecified atom stereocenters. The van der Waals surface area contributed by atoms with Gasteiger partial charge >= 0.3 is 52.5 Å². The van der Waals surface area contributed by atoms with Crippen LogP contribution in [0.2, 0.25) is 10.0 Å². The van der Waals surface area contributed by atoms with Crippen molar-refractivity contribution in [3.63, 3.8) is 0 Å². The first-order chi connectivity index (χ1) is 6.86. The maximum atomic E-state index is 3.62. The van der Waals surface area contributed by atoms with E-state index in [0.717, 1.165) is 11.8 Å². The van der Waals surface area contributed by atoms with E-state index in [1.165, 1.54) is 16.5 Å². The zero-order valence-electron chi connectivity index (χ0n) is 8.51. The molecule has 78 valence electrons. The molecule has 0 heterocycles. The Balaban J connectivity index is 0.000000140. The SMILES string of the molecule is C1=CC2C=CC1C2.C=C[CH2][Ru][CH2]C=C. The molecule has 2 bridgehead atoms. The number of fused-ring (bicyclic) bond motifs is 2. The molecular weight excluding hydrogens is 257 g/mol. The standard InChI is InChI=1S/C7H8.2C3H5.Ru/c1-2-7-4-3-6(1)5-7;2*1-3-2;/h1-4,6-7H,5H2;2*3H,1-2H2;. The molecule has 0 spiro atoms. The summed E-state index contributed by atoms with van der Waals surface area (Å²) in [6, 6.07) is 0. The van der Waals surface area contributed by atoms with Crippen LogP contribution in [0.4, 0.5) is 0 Å².